The van der Waals surface area contributed by atoms with Gasteiger partial charge in [-0.05, 0) is 36.6 Å². The van der Waals surface area contributed by atoms with E-state index in [1.54, 1.807) is 0 Å². The van der Waals surface area contributed by atoms with Crippen LogP contribution in [0.4, 0.5) is 0 Å². The van der Waals surface area contributed by atoms with Crippen LogP contribution in [0.15, 0.2) is 18.2 Å². The normalized spacial score (nSPS) is 12.7. The van der Waals surface area contributed by atoms with Gasteiger partial charge in [0.15, 0.2) is 0 Å². The Bertz CT molecular complexity index is 405. The Kier molecular flexibility index (Phi) is 8.30. The van der Waals surface area contributed by atoms with E-state index < -0.39 is 6.10 Å². The maximum absolute atomic E-state index is 10.0. The van der Waals surface area contributed by atoms with Crippen molar-refractivity contribution in [1.82, 2.24) is 4.90 Å². The summed E-state index contributed by atoms with van der Waals surface area (Å²) in [4.78, 5) is 1.81. The van der Waals surface area contributed by atoms with Crippen LogP contribution in [0.5, 0.6) is 5.75 Å². The first-order chi connectivity index (χ1) is 10.1. The molecule has 5 nitrogen and oxygen atoms in total. The number of hydrogen-bond donors (Lipinski definition) is 3. The Balaban J connectivity index is 2.48. The number of ether oxygens (including phenoxy) is 1. The van der Waals surface area contributed by atoms with Crippen LogP contribution in [0.25, 0.3) is 0 Å². The molecule has 0 heterocycles. The predicted octanol–water partition coefficient (Wildman–Crippen LogP) is 0.584. The second-order valence-corrected chi connectivity index (χ2v) is 5.22. The van der Waals surface area contributed by atoms with Crippen molar-refractivity contribution in [3.05, 3.63) is 29.3 Å². The fourth-order valence-corrected chi connectivity index (χ4v) is 2.23. The lowest BCUT2D eigenvalue weighted by molar-refractivity contribution is 0.0552. The maximum Gasteiger partial charge on any atom is 0.119 e. The number of nitrogens with zero attached hydrogens (tertiary/aromatic N) is 1. The highest BCUT2D eigenvalue weighted by Crippen LogP contribution is 2.17. The van der Waals surface area contributed by atoms with Crippen molar-refractivity contribution >= 4 is 0 Å². The molecule has 0 aromatic heterocycles. The Morgan fingerprint density at radius 2 is 1.81 bits per heavy atom. The first kappa shape index (κ1) is 17.9. The molecule has 0 fully saturated rings. The summed E-state index contributed by atoms with van der Waals surface area (Å²) in [7, 11) is 0. The molecule has 21 heavy (non-hydrogen) atoms. The zero-order valence-electron chi connectivity index (χ0n) is 13.0. The van der Waals surface area contributed by atoms with Gasteiger partial charge in [0, 0.05) is 19.6 Å². The lowest BCUT2D eigenvalue weighted by Gasteiger charge is -2.23. The second kappa shape index (κ2) is 9.73. The fourth-order valence-electron chi connectivity index (χ4n) is 2.23. The summed E-state index contributed by atoms with van der Waals surface area (Å²) in [6, 6.07) is 6.05. The van der Waals surface area contributed by atoms with Crippen LogP contribution in [-0.2, 0) is 6.42 Å². The van der Waals surface area contributed by atoms with E-state index in [1.807, 2.05) is 24.0 Å². The molecule has 120 valence electrons. The smallest absolute Gasteiger partial charge is 0.119 e. The summed E-state index contributed by atoms with van der Waals surface area (Å²) in [5.41, 5.74) is 2.35. The van der Waals surface area contributed by atoms with Crippen LogP contribution in [-0.4, -0.2) is 65.8 Å². The van der Waals surface area contributed by atoms with Gasteiger partial charge < -0.3 is 20.1 Å². The summed E-state index contributed by atoms with van der Waals surface area (Å²) in [5, 5.41) is 27.9. The Labute approximate surface area is 126 Å². The van der Waals surface area contributed by atoms with Gasteiger partial charge in [0.2, 0.25) is 0 Å². The molecule has 0 bridgehead atoms. The third kappa shape index (κ3) is 6.91. The third-order valence-corrected chi connectivity index (χ3v) is 3.26. The molecule has 0 amide bonds. The van der Waals surface area contributed by atoms with Gasteiger partial charge in [-0.25, -0.2) is 0 Å². The Morgan fingerprint density at radius 3 is 2.38 bits per heavy atom. The van der Waals surface area contributed by atoms with Gasteiger partial charge in [0.1, 0.15) is 18.5 Å². The van der Waals surface area contributed by atoms with Crippen molar-refractivity contribution in [2.75, 3.05) is 39.5 Å². The van der Waals surface area contributed by atoms with Gasteiger partial charge in [0.05, 0.1) is 13.2 Å². The summed E-state index contributed by atoms with van der Waals surface area (Å²) in [5.74, 6) is 0.766. The zero-order chi connectivity index (χ0) is 15.7. The van der Waals surface area contributed by atoms with Crippen molar-refractivity contribution in [1.29, 1.82) is 0 Å². The van der Waals surface area contributed by atoms with E-state index >= 15 is 0 Å². The Morgan fingerprint density at radius 1 is 1.14 bits per heavy atom. The van der Waals surface area contributed by atoms with Crippen molar-refractivity contribution in [3.8, 4) is 5.75 Å². The van der Waals surface area contributed by atoms with Crippen LogP contribution in [0.3, 0.4) is 0 Å². The summed E-state index contributed by atoms with van der Waals surface area (Å²) < 4.78 is 5.65. The summed E-state index contributed by atoms with van der Waals surface area (Å²) in [6.07, 6.45) is 0.287. The number of hydrogen-bond acceptors (Lipinski definition) is 5. The average Bonchev–Trinajstić information content (AvgIpc) is 2.45. The zero-order valence-corrected chi connectivity index (χ0v) is 13.0. The van der Waals surface area contributed by atoms with Gasteiger partial charge in [0.25, 0.3) is 0 Å². The Hall–Kier alpha value is -1.14. The largest absolute Gasteiger partial charge is 0.491 e. The van der Waals surface area contributed by atoms with Crippen LogP contribution >= 0.6 is 0 Å². The summed E-state index contributed by atoms with van der Waals surface area (Å²) in [6.45, 7) is 5.55. The molecule has 5 heteroatoms. The summed E-state index contributed by atoms with van der Waals surface area (Å²) >= 11 is 0. The number of aliphatic hydroxyl groups is 3. The van der Waals surface area contributed by atoms with E-state index in [1.165, 1.54) is 5.56 Å². The highest BCUT2D eigenvalue weighted by atomic mass is 16.5. The van der Waals surface area contributed by atoms with Gasteiger partial charge >= 0.3 is 0 Å². The molecule has 0 aliphatic heterocycles. The number of benzene rings is 1. The standard InChI is InChI=1S/C16H27NO4/c1-3-14-8-13(2)9-16(10-14)21-12-15(20)11-17(4-6-18)5-7-19/h8-10,15,18-20H,3-7,11-12H2,1-2H3/t15-/m0/s1. The lowest BCUT2D eigenvalue weighted by Crippen LogP contribution is -2.38. The van der Waals surface area contributed by atoms with Crippen molar-refractivity contribution in [2.45, 2.75) is 26.4 Å². The monoisotopic (exact) mass is 297 g/mol. The van der Waals surface area contributed by atoms with Crippen LogP contribution in [0, 0.1) is 6.92 Å². The van der Waals surface area contributed by atoms with Gasteiger partial charge in [-0.15, -0.1) is 0 Å². The average molecular weight is 297 g/mol. The molecule has 1 aromatic rings. The van der Waals surface area contributed by atoms with Crippen molar-refractivity contribution in [2.24, 2.45) is 0 Å². The minimum atomic E-state index is -0.659. The fraction of sp³-hybridized carbons (Fsp3) is 0.625. The van der Waals surface area contributed by atoms with Crippen LogP contribution in [0.1, 0.15) is 18.1 Å². The maximum atomic E-state index is 10.0. The predicted molar refractivity (Wildman–Crippen MR) is 82.7 cm³/mol. The molecule has 0 unspecified atom stereocenters. The quantitative estimate of drug-likeness (QED) is 0.589. The molecular formula is C16H27NO4. The third-order valence-electron chi connectivity index (χ3n) is 3.26. The molecule has 1 atom stereocenters. The van der Waals surface area contributed by atoms with E-state index in [-0.39, 0.29) is 19.8 Å². The van der Waals surface area contributed by atoms with Crippen LogP contribution < -0.4 is 4.74 Å². The number of aliphatic hydroxyl groups excluding tert-OH is 3. The minimum Gasteiger partial charge on any atom is -0.491 e. The highest BCUT2D eigenvalue weighted by Gasteiger charge is 2.12. The molecular weight excluding hydrogens is 270 g/mol. The number of rotatable bonds is 10. The molecule has 0 aliphatic carbocycles. The molecule has 0 radical (unpaired) electrons. The van der Waals surface area contributed by atoms with Gasteiger partial charge in [-0.1, -0.05) is 13.0 Å². The molecule has 0 spiro atoms. The van der Waals surface area contributed by atoms with E-state index in [2.05, 4.69) is 13.0 Å². The second-order valence-electron chi connectivity index (χ2n) is 5.22. The van der Waals surface area contributed by atoms with Crippen molar-refractivity contribution in [3.63, 3.8) is 0 Å². The molecule has 0 saturated heterocycles. The molecule has 0 saturated carbocycles. The molecule has 1 rings (SSSR count). The van der Waals surface area contributed by atoms with Gasteiger partial charge in [-0.2, -0.15) is 0 Å². The topological polar surface area (TPSA) is 73.2 Å². The van der Waals surface area contributed by atoms with Gasteiger partial charge in [-0.3, -0.25) is 4.90 Å². The first-order valence-corrected chi connectivity index (χ1v) is 7.44. The molecule has 0 aliphatic rings. The molecule has 3 N–H and O–H groups in total. The van der Waals surface area contributed by atoms with E-state index in [0.29, 0.717) is 19.6 Å². The van der Waals surface area contributed by atoms with Crippen LogP contribution in [0.2, 0.25) is 0 Å². The van der Waals surface area contributed by atoms with Crippen molar-refractivity contribution < 1.29 is 20.1 Å². The van der Waals surface area contributed by atoms with E-state index in [9.17, 15) is 5.11 Å². The van der Waals surface area contributed by atoms with E-state index in [0.717, 1.165) is 17.7 Å². The highest BCUT2D eigenvalue weighted by molar-refractivity contribution is 5.33. The SMILES string of the molecule is CCc1cc(C)cc(OC[C@@H](O)CN(CCO)CCO)c1. The van der Waals surface area contributed by atoms with E-state index in [4.69, 9.17) is 14.9 Å². The molecule has 1 aromatic carbocycles. The minimum absolute atomic E-state index is 0.00527. The first-order valence-electron chi connectivity index (χ1n) is 7.44. The number of aryl methyl sites for hydroxylation is 2. The lowest BCUT2D eigenvalue weighted by atomic mass is 10.1.